The van der Waals surface area contributed by atoms with E-state index in [-0.39, 0.29) is 0 Å². The van der Waals surface area contributed by atoms with Crippen molar-refractivity contribution in [3.63, 3.8) is 0 Å². The zero-order valence-corrected chi connectivity index (χ0v) is 10.9. The van der Waals surface area contributed by atoms with E-state index in [0.29, 0.717) is 5.69 Å². The Labute approximate surface area is 114 Å². The van der Waals surface area contributed by atoms with Gasteiger partial charge in [0.2, 0.25) is 0 Å². The Balaban J connectivity index is 2.31. The number of benzene rings is 2. The van der Waals surface area contributed by atoms with E-state index in [1.165, 1.54) is 0 Å². The van der Waals surface area contributed by atoms with Crippen LogP contribution in [0.3, 0.4) is 0 Å². The highest BCUT2D eigenvalue weighted by Crippen LogP contribution is 2.19. The van der Waals surface area contributed by atoms with Crippen LogP contribution in [0.4, 0.5) is 18.9 Å². The van der Waals surface area contributed by atoms with Gasteiger partial charge in [0.05, 0.1) is 5.56 Å². The zero-order valence-electron chi connectivity index (χ0n) is 10.9. The Bertz CT molecular complexity index is 683. The van der Waals surface area contributed by atoms with Crippen LogP contribution < -0.4 is 5.32 Å². The standard InChI is InChI=1S/C15H12F3NO/c1-8-3-6-12(9(2)7-8)19-15(20)10-4-5-11(16)14(18)13(10)17/h3-7H,1-2H3,(H,19,20). The van der Waals surface area contributed by atoms with Crippen LogP contribution in [0.5, 0.6) is 0 Å². The molecule has 1 N–H and O–H groups in total. The van der Waals surface area contributed by atoms with Crippen LogP contribution in [0.1, 0.15) is 21.5 Å². The molecular weight excluding hydrogens is 267 g/mol. The van der Waals surface area contributed by atoms with Gasteiger partial charge in [-0.15, -0.1) is 0 Å². The molecule has 0 aromatic heterocycles. The summed E-state index contributed by atoms with van der Waals surface area (Å²) in [5, 5.41) is 2.47. The van der Waals surface area contributed by atoms with Crippen molar-refractivity contribution in [2.75, 3.05) is 5.32 Å². The maximum atomic E-state index is 13.5. The second-order valence-corrected chi connectivity index (χ2v) is 4.50. The molecule has 5 heteroatoms. The highest BCUT2D eigenvalue weighted by Gasteiger charge is 2.19. The lowest BCUT2D eigenvalue weighted by Gasteiger charge is -2.10. The fourth-order valence-corrected chi connectivity index (χ4v) is 1.84. The molecule has 1 amide bonds. The van der Waals surface area contributed by atoms with Crippen LogP contribution in [0.15, 0.2) is 30.3 Å². The lowest BCUT2D eigenvalue weighted by atomic mass is 10.1. The van der Waals surface area contributed by atoms with Gasteiger partial charge in [-0.3, -0.25) is 4.79 Å². The number of anilines is 1. The van der Waals surface area contributed by atoms with E-state index in [1.54, 1.807) is 19.1 Å². The number of hydrogen-bond donors (Lipinski definition) is 1. The van der Waals surface area contributed by atoms with Crippen molar-refractivity contribution in [1.82, 2.24) is 0 Å². The molecule has 20 heavy (non-hydrogen) atoms. The third kappa shape index (κ3) is 2.66. The van der Waals surface area contributed by atoms with Gasteiger partial charge < -0.3 is 5.32 Å². The first-order chi connectivity index (χ1) is 9.40. The first-order valence-electron chi connectivity index (χ1n) is 5.92. The smallest absolute Gasteiger partial charge is 0.258 e. The van der Waals surface area contributed by atoms with Gasteiger partial charge in [-0.25, -0.2) is 13.2 Å². The predicted molar refractivity (Wildman–Crippen MR) is 70.2 cm³/mol. The summed E-state index contributed by atoms with van der Waals surface area (Å²) in [6.45, 7) is 3.68. The summed E-state index contributed by atoms with van der Waals surface area (Å²) < 4.78 is 39.4. The van der Waals surface area contributed by atoms with E-state index in [4.69, 9.17) is 0 Å². The van der Waals surface area contributed by atoms with Crippen LogP contribution in [-0.4, -0.2) is 5.91 Å². The van der Waals surface area contributed by atoms with Crippen molar-refractivity contribution in [2.45, 2.75) is 13.8 Å². The summed E-state index contributed by atoms with van der Waals surface area (Å²) in [7, 11) is 0. The second-order valence-electron chi connectivity index (χ2n) is 4.50. The molecule has 0 heterocycles. The summed E-state index contributed by atoms with van der Waals surface area (Å²) in [5.41, 5.74) is 1.76. The predicted octanol–water partition coefficient (Wildman–Crippen LogP) is 3.97. The average molecular weight is 279 g/mol. The Hall–Kier alpha value is -2.30. The van der Waals surface area contributed by atoms with E-state index in [9.17, 15) is 18.0 Å². The summed E-state index contributed by atoms with van der Waals surface area (Å²) in [6, 6.07) is 6.92. The maximum Gasteiger partial charge on any atom is 0.258 e. The largest absolute Gasteiger partial charge is 0.322 e. The Kier molecular flexibility index (Phi) is 3.79. The van der Waals surface area contributed by atoms with E-state index >= 15 is 0 Å². The minimum Gasteiger partial charge on any atom is -0.322 e. The molecule has 0 atom stereocenters. The number of aryl methyl sites for hydroxylation is 2. The molecule has 0 aliphatic rings. The molecule has 2 aromatic carbocycles. The van der Waals surface area contributed by atoms with E-state index < -0.39 is 28.9 Å². The van der Waals surface area contributed by atoms with Crippen molar-refractivity contribution >= 4 is 11.6 Å². The van der Waals surface area contributed by atoms with Crippen molar-refractivity contribution in [3.8, 4) is 0 Å². The molecular formula is C15H12F3NO. The number of amides is 1. The molecule has 2 aromatic rings. The van der Waals surface area contributed by atoms with Gasteiger partial charge in [0.1, 0.15) is 0 Å². The molecule has 104 valence electrons. The van der Waals surface area contributed by atoms with Crippen LogP contribution in [0.25, 0.3) is 0 Å². The number of carbonyl (C=O) groups excluding carboxylic acids is 1. The normalized spacial score (nSPS) is 10.4. The third-order valence-electron chi connectivity index (χ3n) is 2.91. The molecule has 0 radical (unpaired) electrons. The van der Waals surface area contributed by atoms with E-state index in [1.807, 2.05) is 13.0 Å². The quantitative estimate of drug-likeness (QED) is 0.828. The summed E-state index contributed by atoms with van der Waals surface area (Å²) >= 11 is 0. The summed E-state index contributed by atoms with van der Waals surface area (Å²) in [6.07, 6.45) is 0. The molecule has 0 aliphatic carbocycles. The van der Waals surface area contributed by atoms with Gasteiger partial charge in [-0.1, -0.05) is 17.7 Å². The molecule has 2 nitrogen and oxygen atoms in total. The van der Waals surface area contributed by atoms with E-state index in [2.05, 4.69) is 5.32 Å². The number of carbonyl (C=O) groups is 1. The minimum absolute atomic E-state index is 0.490. The molecule has 0 aliphatic heterocycles. The van der Waals surface area contributed by atoms with Crippen molar-refractivity contribution in [2.24, 2.45) is 0 Å². The third-order valence-corrected chi connectivity index (χ3v) is 2.91. The molecule has 0 saturated heterocycles. The Morgan fingerprint density at radius 2 is 1.70 bits per heavy atom. The van der Waals surface area contributed by atoms with Crippen LogP contribution in [-0.2, 0) is 0 Å². The molecule has 2 rings (SSSR count). The molecule has 0 unspecified atom stereocenters. The lowest BCUT2D eigenvalue weighted by molar-refractivity contribution is 0.102. The fourth-order valence-electron chi connectivity index (χ4n) is 1.84. The molecule has 0 saturated carbocycles. The summed E-state index contributed by atoms with van der Waals surface area (Å²) in [5.74, 6) is -5.30. The van der Waals surface area contributed by atoms with Crippen molar-refractivity contribution in [1.29, 1.82) is 0 Å². The Morgan fingerprint density at radius 3 is 2.35 bits per heavy atom. The minimum atomic E-state index is -1.65. The highest BCUT2D eigenvalue weighted by atomic mass is 19.2. The number of rotatable bonds is 2. The molecule has 0 bridgehead atoms. The van der Waals surface area contributed by atoms with Gasteiger partial charge in [-0.2, -0.15) is 0 Å². The van der Waals surface area contributed by atoms with Crippen molar-refractivity contribution < 1.29 is 18.0 Å². The zero-order chi connectivity index (χ0) is 14.9. The summed E-state index contributed by atoms with van der Waals surface area (Å²) in [4.78, 5) is 11.9. The molecule has 0 fully saturated rings. The maximum absolute atomic E-state index is 13.5. The lowest BCUT2D eigenvalue weighted by Crippen LogP contribution is -2.15. The van der Waals surface area contributed by atoms with Crippen LogP contribution >= 0.6 is 0 Å². The Morgan fingerprint density at radius 1 is 1.00 bits per heavy atom. The average Bonchev–Trinajstić information content (AvgIpc) is 2.39. The topological polar surface area (TPSA) is 29.1 Å². The van der Waals surface area contributed by atoms with Crippen LogP contribution in [0.2, 0.25) is 0 Å². The second kappa shape index (κ2) is 5.36. The van der Waals surface area contributed by atoms with Crippen LogP contribution in [0, 0.1) is 31.3 Å². The monoisotopic (exact) mass is 279 g/mol. The van der Waals surface area contributed by atoms with Gasteiger partial charge in [0, 0.05) is 5.69 Å². The van der Waals surface area contributed by atoms with Gasteiger partial charge in [0.15, 0.2) is 17.5 Å². The number of nitrogens with one attached hydrogen (secondary N) is 1. The van der Waals surface area contributed by atoms with E-state index in [0.717, 1.165) is 23.3 Å². The number of halogens is 3. The fraction of sp³-hybridized carbons (Fsp3) is 0.133. The first kappa shape index (κ1) is 14.1. The van der Waals surface area contributed by atoms with Gasteiger partial charge >= 0.3 is 0 Å². The SMILES string of the molecule is Cc1ccc(NC(=O)c2ccc(F)c(F)c2F)c(C)c1. The first-order valence-corrected chi connectivity index (χ1v) is 5.92. The van der Waals surface area contributed by atoms with Crippen molar-refractivity contribution in [3.05, 3.63) is 64.5 Å². The van der Waals surface area contributed by atoms with Gasteiger partial charge in [-0.05, 0) is 37.6 Å². The highest BCUT2D eigenvalue weighted by molar-refractivity contribution is 6.04. The van der Waals surface area contributed by atoms with Gasteiger partial charge in [0.25, 0.3) is 5.91 Å². The molecule has 0 spiro atoms. The number of hydrogen-bond acceptors (Lipinski definition) is 1.